The van der Waals surface area contributed by atoms with Gasteiger partial charge < -0.3 is 24.6 Å². The lowest BCUT2D eigenvalue weighted by Gasteiger charge is -2.29. The minimum Gasteiger partial charge on any atom is -0.389 e. The van der Waals surface area contributed by atoms with E-state index in [0.717, 1.165) is 32.8 Å². The molecule has 1 aliphatic heterocycles. The van der Waals surface area contributed by atoms with Crippen LogP contribution in [0.2, 0.25) is 0 Å². The molecular weight excluding hydrogens is 248 g/mol. The van der Waals surface area contributed by atoms with Crippen LogP contribution in [0.4, 0.5) is 0 Å². The van der Waals surface area contributed by atoms with E-state index in [1.165, 1.54) is 0 Å². The molecule has 1 rings (SSSR count). The van der Waals surface area contributed by atoms with Gasteiger partial charge in [0.25, 0.3) is 0 Å². The highest BCUT2D eigenvalue weighted by Crippen LogP contribution is 1.98. The summed E-state index contributed by atoms with van der Waals surface area (Å²) in [6, 6.07) is 0.353. The molecule has 0 aromatic rings. The van der Waals surface area contributed by atoms with Crippen LogP contribution in [0.1, 0.15) is 6.92 Å². The molecule has 0 aromatic heterocycles. The highest BCUT2D eigenvalue weighted by molar-refractivity contribution is 4.71. The fourth-order valence-electron chi connectivity index (χ4n) is 1.99. The number of morpholine rings is 1. The molecule has 0 spiro atoms. The van der Waals surface area contributed by atoms with E-state index >= 15 is 0 Å². The first-order valence-corrected chi connectivity index (χ1v) is 7.00. The van der Waals surface area contributed by atoms with Gasteiger partial charge in [0.2, 0.25) is 0 Å². The van der Waals surface area contributed by atoms with E-state index < -0.39 is 6.10 Å². The van der Waals surface area contributed by atoms with E-state index in [1.807, 2.05) is 0 Å². The summed E-state index contributed by atoms with van der Waals surface area (Å²) < 4.78 is 15.5. The van der Waals surface area contributed by atoms with Crippen molar-refractivity contribution in [1.29, 1.82) is 0 Å². The van der Waals surface area contributed by atoms with Gasteiger partial charge in [-0.3, -0.25) is 4.90 Å². The van der Waals surface area contributed by atoms with Gasteiger partial charge in [-0.25, -0.2) is 0 Å². The van der Waals surface area contributed by atoms with Crippen molar-refractivity contribution in [2.45, 2.75) is 19.1 Å². The van der Waals surface area contributed by atoms with E-state index in [1.54, 1.807) is 7.11 Å². The summed E-state index contributed by atoms with van der Waals surface area (Å²) in [6.45, 7) is 8.74. The number of hydrogen-bond donors (Lipinski definition) is 2. The van der Waals surface area contributed by atoms with Crippen molar-refractivity contribution in [3.63, 3.8) is 0 Å². The zero-order chi connectivity index (χ0) is 13.9. The fraction of sp³-hybridized carbons (Fsp3) is 1.00. The molecule has 6 heteroatoms. The first-order valence-electron chi connectivity index (χ1n) is 7.00. The topological polar surface area (TPSA) is 63.2 Å². The van der Waals surface area contributed by atoms with Crippen LogP contribution < -0.4 is 5.32 Å². The Kier molecular flexibility index (Phi) is 9.32. The predicted molar refractivity (Wildman–Crippen MR) is 73.4 cm³/mol. The molecule has 0 radical (unpaired) electrons. The highest BCUT2D eigenvalue weighted by Gasteiger charge is 2.14. The molecule has 1 fully saturated rings. The molecule has 1 heterocycles. The Morgan fingerprint density at radius 3 is 2.74 bits per heavy atom. The Bertz CT molecular complexity index is 213. The molecule has 2 unspecified atom stereocenters. The lowest BCUT2D eigenvalue weighted by Crippen LogP contribution is -2.46. The van der Waals surface area contributed by atoms with Crippen molar-refractivity contribution in [3.8, 4) is 0 Å². The fourth-order valence-corrected chi connectivity index (χ4v) is 1.99. The van der Waals surface area contributed by atoms with E-state index in [9.17, 15) is 5.11 Å². The van der Waals surface area contributed by atoms with Crippen LogP contribution in [-0.4, -0.2) is 88.5 Å². The number of nitrogens with one attached hydrogen (secondary N) is 1. The third-order valence-electron chi connectivity index (χ3n) is 3.08. The van der Waals surface area contributed by atoms with Gasteiger partial charge in [-0.15, -0.1) is 0 Å². The zero-order valence-corrected chi connectivity index (χ0v) is 12.1. The average molecular weight is 276 g/mol. The number of rotatable bonds is 10. The molecule has 6 nitrogen and oxygen atoms in total. The summed E-state index contributed by atoms with van der Waals surface area (Å²) in [4.78, 5) is 2.38. The van der Waals surface area contributed by atoms with Crippen molar-refractivity contribution in [1.82, 2.24) is 10.2 Å². The van der Waals surface area contributed by atoms with Gasteiger partial charge >= 0.3 is 0 Å². The Morgan fingerprint density at radius 2 is 2.05 bits per heavy atom. The lowest BCUT2D eigenvalue weighted by molar-refractivity contribution is 0.0109. The quantitative estimate of drug-likeness (QED) is 0.516. The van der Waals surface area contributed by atoms with Gasteiger partial charge in [0, 0.05) is 39.3 Å². The number of ether oxygens (including phenoxy) is 3. The van der Waals surface area contributed by atoms with Gasteiger partial charge in [-0.05, 0) is 6.92 Å². The maximum absolute atomic E-state index is 9.74. The monoisotopic (exact) mass is 276 g/mol. The van der Waals surface area contributed by atoms with Gasteiger partial charge in [0.15, 0.2) is 0 Å². The maximum atomic E-state index is 9.74. The average Bonchev–Trinajstić information content (AvgIpc) is 2.42. The van der Waals surface area contributed by atoms with Crippen LogP contribution in [0, 0.1) is 0 Å². The first-order chi connectivity index (χ1) is 9.22. The third-order valence-corrected chi connectivity index (χ3v) is 3.08. The summed E-state index contributed by atoms with van der Waals surface area (Å²) in [5.74, 6) is 0. The predicted octanol–water partition coefficient (Wildman–Crippen LogP) is -0.679. The summed E-state index contributed by atoms with van der Waals surface area (Å²) in [7, 11) is 1.63. The smallest absolute Gasteiger partial charge is 0.0897 e. The molecule has 114 valence electrons. The maximum Gasteiger partial charge on any atom is 0.0897 e. The molecule has 1 aliphatic rings. The Morgan fingerprint density at radius 1 is 1.32 bits per heavy atom. The van der Waals surface area contributed by atoms with Crippen molar-refractivity contribution >= 4 is 0 Å². The van der Waals surface area contributed by atoms with Crippen LogP contribution in [0.15, 0.2) is 0 Å². The van der Waals surface area contributed by atoms with E-state index in [-0.39, 0.29) is 0 Å². The number of hydrogen-bond acceptors (Lipinski definition) is 6. The summed E-state index contributed by atoms with van der Waals surface area (Å²) in [6.07, 6.45) is -0.469. The SMILES string of the molecule is COCCOCC(O)CNC(C)CN1CCOCC1. The summed E-state index contributed by atoms with van der Waals surface area (Å²) >= 11 is 0. The summed E-state index contributed by atoms with van der Waals surface area (Å²) in [5.41, 5.74) is 0. The van der Waals surface area contributed by atoms with Gasteiger partial charge in [0.1, 0.15) is 0 Å². The first kappa shape index (κ1) is 16.8. The zero-order valence-electron chi connectivity index (χ0n) is 12.1. The van der Waals surface area contributed by atoms with Crippen molar-refractivity contribution in [2.75, 3.05) is 66.3 Å². The highest BCUT2D eigenvalue weighted by atomic mass is 16.5. The summed E-state index contributed by atoms with van der Waals surface area (Å²) in [5, 5.41) is 13.1. The molecule has 2 N–H and O–H groups in total. The Hall–Kier alpha value is -0.240. The van der Waals surface area contributed by atoms with Crippen LogP contribution in [0.3, 0.4) is 0 Å². The number of methoxy groups -OCH3 is 1. The Labute approximate surface area is 116 Å². The van der Waals surface area contributed by atoms with E-state index in [4.69, 9.17) is 14.2 Å². The number of aliphatic hydroxyl groups is 1. The third kappa shape index (κ3) is 8.52. The molecule has 2 atom stereocenters. The lowest BCUT2D eigenvalue weighted by atomic mass is 10.2. The van der Waals surface area contributed by atoms with Gasteiger partial charge in [-0.2, -0.15) is 0 Å². The second-order valence-corrected chi connectivity index (χ2v) is 4.94. The molecule has 0 bridgehead atoms. The molecule has 0 aliphatic carbocycles. The minimum absolute atomic E-state index is 0.348. The van der Waals surface area contributed by atoms with Crippen molar-refractivity contribution < 1.29 is 19.3 Å². The second-order valence-electron chi connectivity index (χ2n) is 4.94. The van der Waals surface area contributed by atoms with Crippen molar-refractivity contribution in [3.05, 3.63) is 0 Å². The van der Waals surface area contributed by atoms with Gasteiger partial charge in [-0.1, -0.05) is 0 Å². The molecule has 0 saturated carbocycles. The molecular formula is C13H28N2O4. The van der Waals surface area contributed by atoms with E-state index in [2.05, 4.69) is 17.1 Å². The van der Waals surface area contributed by atoms with Crippen LogP contribution in [0.5, 0.6) is 0 Å². The molecule has 0 aromatic carbocycles. The minimum atomic E-state index is -0.469. The molecule has 19 heavy (non-hydrogen) atoms. The largest absolute Gasteiger partial charge is 0.389 e. The number of nitrogens with zero attached hydrogens (tertiary/aromatic N) is 1. The van der Waals surface area contributed by atoms with Crippen LogP contribution in [-0.2, 0) is 14.2 Å². The number of aliphatic hydroxyl groups excluding tert-OH is 1. The second kappa shape index (κ2) is 10.5. The van der Waals surface area contributed by atoms with Gasteiger partial charge in [0.05, 0.1) is 39.1 Å². The van der Waals surface area contributed by atoms with E-state index in [0.29, 0.717) is 32.4 Å². The Balaban J connectivity index is 2.00. The van der Waals surface area contributed by atoms with Crippen LogP contribution >= 0.6 is 0 Å². The normalized spacial score (nSPS) is 20.4. The standard InChI is InChI=1S/C13H28N2O4/c1-12(10-15-3-5-18-6-4-15)14-9-13(16)11-19-8-7-17-2/h12-14,16H,3-11H2,1-2H3. The molecule has 0 amide bonds. The van der Waals surface area contributed by atoms with Crippen LogP contribution in [0.25, 0.3) is 0 Å². The van der Waals surface area contributed by atoms with Crippen molar-refractivity contribution in [2.24, 2.45) is 0 Å². The molecule has 1 saturated heterocycles.